The van der Waals surface area contributed by atoms with Crippen molar-refractivity contribution in [2.24, 2.45) is 0 Å². The van der Waals surface area contributed by atoms with E-state index in [2.05, 4.69) is 10.0 Å². The fourth-order valence-corrected chi connectivity index (χ4v) is 5.62. The summed E-state index contributed by atoms with van der Waals surface area (Å²) in [4.78, 5) is 23.6. The Morgan fingerprint density at radius 2 is 1.40 bits per heavy atom. The topological polar surface area (TPSA) is 131 Å². The summed E-state index contributed by atoms with van der Waals surface area (Å²) in [6.07, 6.45) is 1.60. The maximum absolute atomic E-state index is 12.8. The molecule has 0 saturated carbocycles. The van der Waals surface area contributed by atoms with Gasteiger partial charge in [0.05, 0.1) is 11.9 Å². The number of benzene rings is 5. The highest BCUT2D eigenvalue weighted by atomic mass is 32.2. The second kappa shape index (κ2) is 14.7. The molecule has 0 saturated heterocycles. The Morgan fingerprint density at radius 3 is 2.09 bits per heavy atom. The fraction of sp³-hybridized carbons (Fsp3) is 0.135. The van der Waals surface area contributed by atoms with Gasteiger partial charge in [-0.15, -0.1) is 0 Å². The van der Waals surface area contributed by atoms with Gasteiger partial charge in [-0.1, -0.05) is 78.9 Å². The van der Waals surface area contributed by atoms with Crippen molar-refractivity contribution < 1.29 is 32.6 Å². The molecule has 47 heavy (non-hydrogen) atoms. The maximum Gasteiger partial charge on any atom is 0.341 e. The normalized spacial score (nSPS) is 11.0. The molecule has 5 aromatic carbocycles. The van der Waals surface area contributed by atoms with Crippen molar-refractivity contribution in [3.05, 3.63) is 149 Å². The number of aliphatic carboxylic acids is 1. The molecule has 9 nitrogen and oxygen atoms in total. The molecule has 10 heteroatoms. The average Bonchev–Trinajstić information content (AvgIpc) is 3.06. The van der Waals surface area contributed by atoms with E-state index in [0.29, 0.717) is 47.0 Å². The van der Waals surface area contributed by atoms with E-state index < -0.39 is 22.6 Å². The van der Waals surface area contributed by atoms with Crippen LogP contribution in [0.25, 0.3) is 0 Å². The van der Waals surface area contributed by atoms with Gasteiger partial charge in [0.1, 0.15) is 17.2 Å². The molecule has 0 unspecified atom stereocenters. The lowest BCUT2D eigenvalue weighted by Gasteiger charge is -2.18. The Hall–Kier alpha value is -5.61. The molecular weight excluding hydrogens is 616 g/mol. The average molecular weight is 651 g/mol. The smallest absolute Gasteiger partial charge is 0.341 e. The quantitative estimate of drug-likeness (QED) is 0.109. The monoisotopic (exact) mass is 650 g/mol. The lowest BCUT2D eigenvalue weighted by molar-refractivity contribution is -0.139. The van der Waals surface area contributed by atoms with Crippen LogP contribution in [0.3, 0.4) is 0 Å². The van der Waals surface area contributed by atoms with Crippen molar-refractivity contribution in [2.75, 3.05) is 22.9 Å². The molecule has 0 aromatic heterocycles. The number of hydrogen-bond donors (Lipinski definition) is 3. The van der Waals surface area contributed by atoms with Crippen LogP contribution in [0.4, 0.5) is 11.4 Å². The number of carbonyl (C=O) groups excluding carboxylic acids is 1. The SMILES string of the molecule is Cc1c(NCc2ccc(Oc3cccc(OCC(=O)O)c3)cc2)ccc(Cc2ccc(C(=O)c3ccccc3)cc2)c1NS(C)(=O)=O. The van der Waals surface area contributed by atoms with Crippen molar-refractivity contribution >= 4 is 33.2 Å². The number of nitrogens with one attached hydrogen (secondary N) is 2. The van der Waals surface area contributed by atoms with Gasteiger partial charge in [-0.3, -0.25) is 9.52 Å². The molecule has 5 aromatic rings. The number of hydrogen-bond acceptors (Lipinski definition) is 7. The Kier molecular flexibility index (Phi) is 10.2. The third-order valence-corrected chi connectivity index (χ3v) is 7.87. The molecule has 3 N–H and O–H groups in total. The molecule has 0 radical (unpaired) electrons. The van der Waals surface area contributed by atoms with E-state index in [0.717, 1.165) is 34.2 Å². The predicted molar refractivity (Wildman–Crippen MR) is 182 cm³/mol. The van der Waals surface area contributed by atoms with E-state index in [-0.39, 0.29) is 5.78 Å². The van der Waals surface area contributed by atoms with Crippen LogP contribution in [0.5, 0.6) is 17.2 Å². The zero-order chi connectivity index (χ0) is 33.4. The molecule has 0 aliphatic rings. The highest BCUT2D eigenvalue weighted by Gasteiger charge is 2.15. The summed E-state index contributed by atoms with van der Waals surface area (Å²) in [5.41, 5.74) is 5.97. The van der Waals surface area contributed by atoms with Gasteiger partial charge >= 0.3 is 5.97 Å². The second-order valence-corrected chi connectivity index (χ2v) is 12.7. The zero-order valence-electron chi connectivity index (χ0n) is 25.9. The van der Waals surface area contributed by atoms with Crippen LogP contribution in [0.15, 0.2) is 115 Å². The molecule has 0 amide bonds. The number of rotatable bonds is 14. The lowest BCUT2D eigenvalue weighted by atomic mass is 9.97. The molecular formula is C37H34N2O7S. The van der Waals surface area contributed by atoms with Crippen molar-refractivity contribution in [1.82, 2.24) is 0 Å². The number of ether oxygens (including phenoxy) is 2. The summed E-state index contributed by atoms with van der Waals surface area (Å²) in [6.45, 7) is 1.91. The van der Waals surface area contributed by atoms with Gasteiger partial charge in [-0.05, 0) is 65.9 Å². The van der Waals surface area contributed by atoms with Crippen LogP contribution in [0.1, 0.15) is 38.2 Å². The summed E-state index contributed by atoms with van der Waals surface area (Å²) in [5.74, 6) is 0.387. The summed E-state index contributed by atoms with van der Waals surface area (Å²) >= 11 is 0. The molecule has 0 atom stereocenters. The standard InChI is InChI=1S/C37H34N2O7S/c1-25-34(38-23-27-13-18-31(19-14-27)46-33-10-6-9-32(22-33)45-24-35(40)41)20-17-30(36(25)39-47(2,43)44)21-26-11-15-29(16-12-26)37(42)28-7-4-3-5-8-28/h3-20,22,38-39H,21,23-24H2,1-2H3,(H,40,41). The molecule has 0 fully saturated rings. The van der Waals surface area contributed by atoms with E-state index in [9.17, 15) is 18.0 Å². The lowest BCUT2D eigenvalue weighted by Crippen LogP contribution is -2.14. The van der Waals surface area contributed by atoms with Gasteiger partial charge in [0.15, 0.2) is 12.4 Å². The van der Waals surface area contributed by atoms with Gasteiger partial charge < -0.3 is 19.9 Å². The van der Waals surface area contributed by atoms with Gasteiger partial charge in [0.2, 0.25) is 10.0 Å². The molecule has 0 aliphatic heterocycles. The number of carbonyl (C=O) groups is 2. The van der Waals surface area contributed by atoms with Crippen LogP contribution >= 0.6 is 0 Å². The minimum Gasteiger partial charge on any atom is -0.482 e. The minimum absolute atomic E-state index is 0.0557. The van der Waals surface area contributed by atoms with E-state index in [1.165, 1.54) is 0 Å². The maximum atomic E-state index is 12.8. The van der Waals surface area contributed by atoms with Crippen LogP contribution in [-0.4, -0.2) is 38.1 Å². The first-order valence-corrected chi connectivity index (χ1v) is 16.7. The van der Waals surface area contributed by atoms with Gasteiger partial charge in [-0.2, -0.15) is 0 Å². The van der Waals surface area contributed by atoms with Gasteiger partial charge in [0, 0.05) is 29.4 Å². The summed E-state index contributed by atoms with van der Waals surface area (Å²) in [7, 11) is -3.56. The fourth-order valence-electron chi connectivity index (χ4n) is 4.97. The number of ketones is 1. The first-order valence-electron chi connectivity index (χ1n) is 14.8. The van der Waals surface area contributed by atoms with Crippen LogP contribution in [-0.2, 0) is 27.8 Å². The van der Waals surface area contributed by atoms with Gasteiger partial charge in [0.25, 0.3) is 0 Å². The van der Waals surface area contributed by atoms with Crippen molar-refractivity contribution in [1.29, 1.82) is 0 Å². The van der Waals surface area contributed by atoms with E-state index in [1.54, 1.807) is 48.5 Å². The van der Waals surface area contributed by atoms with E-state index in [4.69, 9.17) is 14.6 Å². The van der Waals surface area contributed by atoms with E-state index in [1.807, 2.05) is 73.7 Å². The number of sulfonamides is 1. The highest BCUT2D eigenvalue weighted by molar-refractivity contribution is 7.92. The van der Waals surface area contributed by atoms with Crippen LogP contribution < -0.4 is 19.5 Å². The molecule has 240 valence electrons. The third-order valence-electron chi connectivity index (χ3n) is 7.30. The minimum atomic E-state index is -3.56. The Morgan fingerprint density at radius 1 is 0.745 bits per heavy atom. The first-order chi connectivity index (χ1) is 22.5. The second-order valence-electron chi connectivity index (χ2n) is 11.0. The van der Waals surface area contributed by atoms with E-state index >= 15 is 0 Å². The van der Waals surface area contributed by atoms with Crippen molar-refractivity contribution in [3.8, 4) is 17.2 Å². The molecule has 0 bridgehead atoms. The van der Waals surface area contributed by atoms with Crippen molar-refractivity contribution in [2.45, 2.75) is 19.9 Å². The molecule has 0 heterocycles. The summed E-state index contributed by atoms with van der Waals surface area (Å²) in [5, 5.41) is 12.2. The molecule has 0 aliphatic carbocycles. The first kappa shape index (κ1) is 32.8. The third kappa shape index (κ3) is 9.21. The van der Waals surface area contributed by atoms with Crippen LogP contribution in [0, 0.1) is 6.92 Å². The van der Waals surface area contributed by atoms with Crippen LogP contribution in [0.2, 0.25) is 0 Å². The Bertz CT molecular complexity index is 1980. The van der Waals surface area contributed by atoms with Crippen molar-refractivity contribution in [3.63, 3.8) is 0 Å². The summed E-state index contributed by atoms with van der Waals surface area (Å²) in [6, 6.07) is 34.5. The number of anilines is 2. The molecule has 5 rings (SSSR count). The molecule has 0 spiro atoms. The van der Waals surface area contributed by atoms with Gasteiger partial charge in [-0.25, -0.2) is 13.2 Å². The number of carboxylic acid groups (broad SMARTS) is 1. The largest absolute Gasteiger partial charge is 0.482 e. The number of carboxylic acids is 1. The Labute approximate surface area is 273 Å². The summed E-state index contributed by atoms with van der Waals surface area (Å²) < 4.78 is 38.5. The highest BCUT2D eigenvalue weighted by Crippen LogP contribution is 2.31. The Balaban J connectivity index is 1.26. The predicted octanol–water partition coefficient (Wildman–Crippen LogP) is 7.06. The zero-order valence-corrected chi connectivity index (χ0v) is 26.7.